The van der Waals surface area contributed by atoms with Crippen molar-refractivity contribution in [2.75, 3.05) is 5.32 Å². The summed E-state index contributed by atoms with van der Waals surface area (Å²) in [7, 11) is 0. The van der Waals surface area contributed by atoms with Crippen LogP contribution in [0.25, 0.3) is 23.4 Å². The van der Waals surface area contributed by atoms with Gasteiger partial charge < -0.3 is 5.32 Å². The van der Waals surface area contributed by atoms with Gasteiger partial charge >= 0.3 is 0 Å². The van der Waals surface area contributed by atoms with Gasteiger partial charge in [0, 0.05) is 12.0 Å². The van der Waals surface area contributed by atoms with Gasteiger partial charge in [0.15, 0.2) is 5.82 Å². The lowest BCUT2D eigenvalue weighted by Crippen LogP contribution is -2.21. The van der Waals surface area contributed by atoms with Crippen molar-refractivity contribution in [3.05, 3.63) is 77.1 Å². The fraction of sp³-hybridized carbons (Fsp3) is 0.321. The minimum absolute atomic E-state index is 0.0525. The van der Waals surface area contributed by atoms with Gasteiger partial charge in [-0.3, -0.25) is 4.79 Å². The molecule has 32 heavy (non-hydrogen) atoms. The molecular weight excluding hydrogens is 394 g/mol. The number of aromatic nitrogens is 2. The Balaban J connectivity index is 1.47. The molecule has 5 rings (SSSR count). The quantitative estimate of drug-likeness (QED) is 0.522. The predicted octanol–water partition coefficient (Wildman–Crippen LogP) is 6.32. The SMILES string of the molecule is O=C(CC1CCCCC1)Nc1nc2c(nc1/C=C/c1ccccc1)-c1ccccc1CC2. The van der Waals surface area contributed by atoms with Crippen LogP contribution in [0.5, 0.6) is 0 Å². The number of carbonyl (C=O) groups is 1. The van der Waals surface area contributed by atoms with Crippen LogP contribution < -0.4 is 5.32 Å². The van der Waals surface area contributed by atoms with Gasteiger partial charge in [0.2, 0.25) is 5.91 Å². The first-order chi connectivity index (χ1) is 15.8. The number of benzene rings is 2. The summed E-state index contributed by atoms with van der Waals surface area (Å²) in [5.74, 6) is 1.12. The molecule has 1 aromatic heterocycles. The molecule has 1 amide bonds. The first kappa shape index (κ1) is 20.6. The van der Waals surface area contributed by atoms with Gasteiger partial charge in [-0.25, -0.2) is 9.97 Å². The highest BCUT2D eigenvalue weighted by molar-refractivity contribution is 5.92. The van der Waals surface area contributed by atoms with E-state index in [0.29, 0.717) is 23.9 Å². The van der Waals surface area contributed by atoms with E-state index in [0.717, 1.165) is 48.2 Å². The summed E-state index contributed by atoms with van der Waals surface area (Å²) >= 11 is 0. The Morgan fingerprint density at radius 1 is 0.906 bits per heavy atom. The number of hydrogen-bond acceptors (Lipinski definition) is 3. The lowest BCUT2D eigenvalue weighted by Gasteiger charge is -2.22. The fourth-order valence-corrected chi connectivity index (χ4v) is 4.88. The Kier molecular flexibility index (Phi) is 6.11. The van der Waals surface area contributed by atoms with Crippen molar-refractivity contribution in [1.82, 2.24) is 9.97 Å². The molecule has 1 saturated carbocycles. The summed E-state index contributed by atoms with van der Waals surface area (Å²) in [5.41, 5.74) is 6.16. The highest BCUT2D eigenvalue weighted by Crippen LogP contribution is 2.33. The van der Waals surface area contributed by atoms with Crippen molar-refractivity contribution in [1.29, 1.82) is 0 Å². The van der Waals surface area contributed by atoms with E-state index in [1.807, 2.05) is 30.4 Å². The summed E-state index contributed by atoms with van der Waals surface area (Å²) < 4.78 is 0. The Morgan fingerprint density at radius 3 is 2.53 bits per heavy atom. The zero-order valence-electron chi connectivity index (χ0n) is 18.4. The molecule has 0 unspecified atom stereocenters. The van der Waals surface area contributed by atoms with Crippen LogP contribution in [-0.4, -0.2) is 15.9 Å². The highest BCUT2D eigenvalue weighted by Gasteiger charge is 2.22. The molecule has 2 aliphatic rings. The zero-order valence-corrected chi connectivity index (χ0v) is 18.4. The van der Waals surface area contributed by atoms with Gasteiger partial charge in [0.1, 0.15) is 5.69 Å². The third-order valence-electron chi connectivity index (χ3n) is 6.59. The van der Waals surface area contributed by atoms with Crippen molar-refractivity contribution >= 4 is 23.9 Å². The molecular formula is C28H29N3O. The molecule has 1 fully saturated rings. The maximum absolute atomic E-state index is 12.9. The molecule has 1 N–H and O–H groups in total. The molecule has 3 aromatic rings. The fourth-order valence-electron chi connectivity index (χ4n) is 4.88. The Morgan fingerprint density at radius 2 is 1.69 bits per heavy atom. The van der Waals surface area contributed by atoms with Crippen LogP contribution in [0.4, 0.5) is 5.82 Å². The molecule has 0 bridgehead atoms. The highest BCUT2D eigenvalue weighted by atomic mass is 16.1. The van der Waals surface area contributed by atoms with Crippen LogP contribution in [0.3, 0.4) is 0 Å². The number of carbonyl (C=O) groups excluding carboxylic acids is 1. The monoisotopic (exact) mass is 423 g/mol. The first-order valence-electron chi connectivity index (χ1n) is 11.8. The lowest BCUT2D eigenvalue weighted by molar-refractivity contribution is -0.117. The second-order valence-electron chi connectivity index (χ2n) is 8.91. The molecule has 4 heteroatoms. The van der Waals surface area contributed by atoms with Gasteiger partial charge in [0.25, 0.3) is 0 Å². The first-order valence-corrected chi connectivity index (χ1v) is 11.8. The van der Waals surface area contributed by atoms with Crippen molar-refractivity contribution in [2.24, 2.45) is 5.92 Å². The molecule has 0 atom stereocenters. The van der Waals surface area contributed by atoms with Crippen LogP contribution in [0.2, 0.25) is 0 Å². The average Bonchev–Trinajstić information content (AvgIpc) is 2.84. The van der Waals surface area contributed by atoms with Crippen molar-refractivity contribution < 1.29 is 4.79 Å². The smallest absolute Gasteiger partial charge is 0.225 e. The Labute approximate surface area is 189 Å². The largest absolute Gasteiger partial charge is 0.309 e. The molecule has 162 valence electrons. The van der Waals surface area contributed by atoms with E-state index < -0.39 is 0 Å². The standard InChI is InChI=1S/C28H29N3O/c32-26(19-21-11-5-2-6-12-21)31-28-25(17-15-20-9-3-1-4-10-20)29-27-23-14-8-7-13-22(23)16-18-24(27)30-28/h1,3-4,7-10,13-15,17,21H,2,5-6,11-12,16,18-19H2,(H,30,31,32)/b17-15+. The van der Waals surface area contributed by atoms with Gasteiger partial charge in [-0.15, -0.1) is 0 Å². The topological polar surface area (TPSA) is 54.9 Å². The van der Waals surface area contributed by atoms with E-state index in [4.69, 9.17) is 9.97 Å². The number of aryl methyl sites for hydroxylation is 2. The van der Waals surface area contributed by atoms with Crippen molar-refractivity contribution in [3.63, 3.8) is 0 Å². The maximum atomic E-state index is 12.9. The lowest BCUT2D eigenvalue weighted by atomic mass is 9.87. The Bertz CT molecular complexity index is 1130. The van der Waals surface area contributed by atoms with Gasteiger partial charge in [-0.1, -0.05) is 79.9 Å². The van der Waals surface area contributed by atoms with Crippen LogP contribution in [0.1, 0.15) is 61.0 Å². The summed E-state index contributed by atoms with van der Waals surface area (Å²) in [6.45, 7) is 0. The summed E-state index contributed by atoms with van der Waals surface area (Å²) in [5, 5.41) is 3.10. The molecule has 2 aromatic carbocycles. The van der Waals surface area contributed by atoms with Crippen molar-refractivity contribution in [3.8, 4) is 11.3 Å². The third kappa shape index (κ3) is 4.64. The summed E-state index contributed by atoms with van der Waals surface area (Å²) in [4.78, 5) is 22.8. The molecule has 2 aliphatic carbocycles. The molecule has 0 saturated heterocycles. The number of anilines is 1. The van der Waals surface area contributed by atoms with Gasteiger partial charge in [-0.2, -0.15) is 0 Å². The summed E-state index contributed by atoms with van der Waals surface area (Å²) in [6, 6.07) is 18.6. The third-order valence-corrected chi connectivity index (χ3v) is 6.59. The van der Waals surface area contributed by atoms with E-state index in [9.17, 15) is 4.79 Å². The number of nitrogens with one attached hydrogen (secondary N) is 1. The zero-order chi connectivity index (χ0) is 21.8. The van der Waals surface area contributed by atoms with E-state index in [-0.39, 0.29) is 5.91 Å². The van der Waals surface area contributed by atoms with E-state index in [2.05, 4.69) is 41.7 Å². The van der Waals surface area contributed by atoms with Crippen LogP contribution in [0.15, 0.2) is 54.6 Å². The molecule has 0 spiro atoms. The average molecular weight is 424 g/mol. The molecule has 1 heterocycles. The molecule has 0 aliphatic heterocycles. The van der Waals surface area contributed by atoms with Gasteiger partial charge in [-0.05, 0) is 48.8 Å². The number of fused-ring (bicyclic) bond motifs is 3. The normalized spacial score (nSPS) is 15.9. The second kappa shape index (κ2) is 9.47. The number of rotatable bonds is 5. The number of nitrogens with zero attached hydrogens (tertiary/aromatic N) is 2. The van der Waals surface area contributed by atoms with Gasteiger partial charge in [0.05, 0.1) is 11.4 Å². The number of amides is 1. The predicted molar refractivity (Wildman–Crippen MR) is 130 cm³/mol. The molecule has 4 nitrogen and oxygen atoms in total. The van der Waals surface area contributed by atoms with Crippen LogP contribution in [0, 0.1) is 5.92 Å². The Hall–Kier alpha value is -3.27. The van der Waals surface area contributed by atoms with E-state index in [1.165, 1.54) is 24.8 Å². The van der Waals surface area contributed by atoms with Crippen molar-refractivity contribution in [2.45, 2.75) is 51.4 Å². The minimum atomic E-state index is 0.0525. The van der Waals surface area contributed by atoms with E-state index in [1.54, 1.807) is 0 Å². The maximum Gasteiger partial charge on any atom is 0.225 e. The number of hydrogen-bond donors (Lipinski definition) is 1. The second-order valence-corrected chi connectivity index (χ2v) is 8.91. The van der Waals surface area contributed by atoms with Crippen LogP contribution in [-0.2, 0) is 17.6 Å². The van der Waals surface area contributed by atoms with Crippen LogP contribution >= 0.6 is 0 Å². The van der Waals surface area contributed by atoms with E-state index >= 15 is 0 Å². The summed E-state index contributed by atoms with van der Waals surface area (Å²) in [6.07, 6.45) is 12.4. The minimum Gasteiger partial charge on any atom is -0.309 e. The molecule has 0 radical (unpaired) electrons.